The predicted molar refractivity (Wildman–Crippen MR) is 78.5 cm³/mol. The second-order valence-corrected chi connectivity index (χ2v) is 5.67. The van der Waals surface area contributed by atoms with Crippen LogP contribution in [-0.4, -0.2) is 25.5 Å². The minimum atomic E-state index is -0.157. The van der Waals surface area contributed by atoms with E-state index in [1.54, 1.807) is 0 Å². The molecule has 2 N–H and O–H groups in total. The molecule has 104 valence electrons. The van der Waals surface area contributed by atoms with Crippen LogP contribution < -0.4 is 10.6 Å². The first-order valence-electron chi connectivity index (χ1n) is 6.90. The molecule has 3 nitrogen and oxygen atoms in total. The van der Waals surface area contributed by atoms with Crippen LogP contribution in [0.1, 0.15) is 31.2 Å². The van der Waals surface area contributed by atoms with E-state index in [9.17, 15) is 4.79 Å². The van der Waals surface area contributed by atoms with E-state index in [-0.39, 0.29) is 11.8 Å². The molecule has 2 unspecified atom stereocenters. The van der Waals surface area contributed by atoms with Crippen molar-refractivity contribution in [3.63, 3.8) is 0 Å². The molecule has 0 saturated carbocycles. The fraction of sp³-hybridized carbons (Fsp3) is 0.533. The van der Waals surface area contributed by atoms with E-state index in [2.05, 4.69) is 10.6 Å². The van der Waals surface area contributed by atoms with E-state index < -0.39 is 0 Å². The topological polar surface area (TPSA) is 41.1 Å². The number of hydrogen-bond donors (Lipinski definition) is 2. The first kappa shape index (κ1) is 14.4. The molecule has 2 atom stereocenters. The van der Waals surface area contributed by atoms with Crippen molar-refractivity contribution >= 4 is 17.5 Å². The lowest BCUT2D eigenvalue weighted by molar-refractivity contribution is -0.122. The molecule has 19 heavy (non-hydrogen) atoms. The van der Waals surface area contributed by atoms with Gasteiger partial charge in [0.25, 0.3) is 0 Å². The number of piperidine rings is 1. The lowest BCUT2D eigenvalue weighted by Crippen LogP contribution is -2.39. The summed E-state index contributed by atoms with van der Waals surface area (Å²) in [5.41, 5.74) is 0.965. The SMILES string of the molecule is CC(C(=O)NCC1CCCNC1)c1cccc(Cl)c1. The molecule has 4 heteroatoms. The highest BCUT2D eigenvalue weighted by molar-refractivity contribution is 6.30. The van der Waals surface area contributed by atoms with Gasteiger partial charge in [-0.3, -0.25) is 4.79 Å². The summed E-state index contributed by atoms with van der Waals surface area (Å²) in [7, 11) is 0. The Morgan fingerprint density at radius 1 is 1.58 bits per heavy atom. The van der Waals surface area contributed by atoms with E-state index in [0.717, 1.165) is 25.2 Å². The molecule has 1 aromatic carbocycles. The lowest BCUT2D eigenvalue weighted by Gasteiger charge is -2.23. The second-order valence-electron chi connectivity index (χ2n) is 5.23. The maximum Gasteiger partial charge on any atom is 0.227 e. The Labute approximate surface area is 119 Å². The minimum absolute atomic E-state index is 0.0767. The normalized spacial score (nSPS) is 20.8. The highest BCUT2D eigenvalue weighted by atomic mass is 35.5. The van der Waals surface area contributed by atoms with Crippen molar-refractivity contribution in [1.29, 1.82) is 0 Å². The van der Waals surface area contributed by atoms with Crippen molar-refractivity contribution in [2.24, 2.45) is 5.92 Å². The number of carbonyl (C=O) groups excluding carboxylic acids is 1. The number of rotatable bonds is 4. The smallest absolute Gasteiger partial charge is 0.227 e. The monoisotopic (exact) mass is 280 g/mol. The Kier molecular flexibility index (Phi) is 5.23. The van der Waals surface area contributed by atoms with E-state index in [0.29, 0.717) is 10.9 Å². The highest BCUT2D eigenvalue weighted by Crippen LogP contribution is 2.19. The minimum Gasteiger partial charge on any atom is -0.355 e. The van der Waals surface area contributed by atoms with Gasteiger partial charge in [0.05, 0.1) is 5.92 Å². The molecule has 0 radical (unpaired) electrons. The molecule has 0 aliphatic carbocycles. The summed E-state index contributed by atoms with van der Waals surface area (Å²) in [6.07, 6.45) is 2.39. The van der Waals surface area contributed by atoms with Crippen LogP contribution in [0.25, 0.3) is 0 Å². The molecule has 1 amide bonds. The molecule has 2 rings (SSSR count). The van der Waals surface area contributed by atoms with E-state index in [1.807, 2.05) is 31.2 Å². The van der Waals surface area contributed by atoms with E-state index >= 15 is 0 Å². The zero-order valence-corrected chi connectivity index (χ0v) is 12.0. The highest BCUT2D eigenvalue weighted by Gasteiger charge is 2.18. The van der Waals surface area contributed by atoms with Crippen LogP contribution >= 0.6 is 11.6 Å². The quantitative estimate of drug-likeness (QED) is 0.890. The molecule has 1 aromatic rings. The number of carbonyl (C=O) groups is 1. The van der Waals surface area contributed by atoms with Crippen LogP contribution in [0.2, 0.25) is 5.02 Å². The van der Waals surface area contributed by atoms with Crippen molar-refractivity contribution < 1.29 is 4.79 Å². The summed E-state index contributed by atoms with van der Waals surface area (Å²) in [6.45, 7) is 4.78. The second kappa shape index (κ2) is 6.92. The Morgan fingerprint density at radius 2 is 2.42 bits per heavy atom. The third-order valence-electron chi connectivity index (χ3n) is 3.71. The van der Waals surface area contributed by atoms with Crippen molar-refractivity contribution in [2.45, 2.75) is 25.7 Å². The third-order valence-corrected chi connectivity index (χ3v) is 3.94. The van der Waals surface area contributed by atoms with Crippen molar-refractivity contribution in [3.05, 3.63) is 34.9 Å². The standard InChI is InChI=1S/C15H21ClN2O/c1-11(13-5-2-6-14(16)8-13)15(19)18-10-12-4-3-7-17-9-12/h2,5-6,8,11-12,17H,3-4,7,9-10H2,1H3,(H,18,19). The maximum atomic E-state index is 12.1. The summed E-state index contributed by atoms with van der Waals surface area (Å²) in [5.74, 6) is 0.479. The van der Waals surface area contributed by atoms with Gasteiger partial charge < -0.3 is 10.6 Å². The van der Waals surface area contributed by atoms with Crippen molar-refractivity contribution in [2.75, 3.05) is 19.6 Å². The molecule has 1 saturated heterocycles. The Hall–Kier alpha value is -1.06. The van der Waals surface area contributed by atoms with Gasteiger partial charge in [-0.25, -0.2) is 0 Å². The molecule has 0 spiro atoms. The number of amides is 1. The molecule has 0 bridgehead atoms. The number of benzene rings is 1. The molecule has 1 aliphatic heterocycles. The summed E-state index contributed by atoms with van der Waals surface area (Å²) in [4.78, 5) is 12.1. The Balaban J connectivity index is 1.85. The van der Waals surface area contributed by atoms with Crippen molar-refractivity contribution in [3.8, 4) is 0 Å². The zero-order chi connectivity index (χ0) is 13.7. The molecular weight excluding hydrogens is 260 g/mol. The largest absolute Gasteiger partial charge is 0.355 e. The van der Waals surface area contributed by atoms with Crippen LogP contribution in [0, 0.1) is 5.92 Å². The van der Waals surface area contributed by atoms with E-state index in [1.165, 1.54) is 12.8 Å². The zero-order valence-electron chi connectivity index (χ0n) is 11.3. The molecule has 1 heterocycles. The van der Waals surface area contributed by atoms with Gasteiger partial charge in [0.2, 0.25) is 5.91 Å². The van der Waals surface area contributed by atoms with Crippen molar-refractivity contribution in [1.82, 2.24) is 10.6 Å². The van der Waals surface area contributed by atoms with E-state index in [4.69, 9.17) is 11.6 Å². The molecule has 0 aromatic heterocycles. The van der Waals surface area contributed by atoms with Crippen LogP contribution in [0.5, 0.6) is 0 Å². The van der Waals surface area contributed by atoms with Crippen LogP contribution in [0.15, 0.2) is 24.3 Å². The van der Waals surface area contributed by atoms with Crippen LogP contribution in [0.4, 0.5) is 0 Å². The Bertz CT molecular complexity index is 430. The van der Waals surface area contributed by atoms with Gasteiger partial charge in [-0.1, -0.05) is 23.7 Å². The first-order valence-corrected chi connectivity index (χ1v) is 7.28. The summed E-state index contributed by atoms with van der Waals surface area (Å²) in [6, 6.07) is 7.50. The van der Waals surface area contributed by atoms with Gasteiger partial charge in [-0.15, -0.1) is 0 Å². The van der Waals surface area contributed by atoms with Gasteiger partial charge in [-0.05, 0) is 56.5 Å². The first-order chi connectivity index (χ1) is 9.16. The predicted octanol–water partition coefficient (Wildman–Crippen LogP) is 2.56. The van der Waals surface area contributed by atoms with Gasteiger partial charge in [0.15, 0.2) is 0 Å². The molecule has 1 fully saturated rings. The fourth-order valence-electron chi connectivity index (χ4n) is 2.42. The van der Waals surface area contributed by atoms with Gasteiger partial charge >= 0.3 is 0 Å². The average Bonchev–Trinajstić information content (AvgIpc) is 2.45. The number of hydrogen-bond acceptors (Lipinski definition) is 2. The van der Waals surface area contributed by atoms with Gasteiger partial charge in [-0.2, -0.15) is 0 Å². The maximum absolute atomic E-state index is 12.1. The summed E-state index contributed by atoms with van der Waals surface area (Å²) >= 11 is 5.95. The summed E-state index contributed by atoms with van der Waals surface area (Å²) < 4.78 is 0. The lowest BCUT2D eigenvalue weighted by atomic mass is 9.98. The molecular formula is C15H21ClN2O. The summed E-state index contributed by atoms with van der Waals surface area (Å²) in [5, 5.41) is 7.08. The number of nitrogens with one attached hydrogen (secondary N) is 2. The number of halogens is 1. The fourth-order valence-corrected chi connectivity index (χ4v) is 2.62. The third kappa shape index (κ3) is 4.22. The Morgan fingerprint density at radius 3 is 3.11 bits per heavy atom. The molecule has 1 aliphatic rings. The van der Waals surface area contributed by atoms with Crippen LogP contribution in [-0.2, 0) is 4.79 Å². The van der Waals surface area contributed by atoms with Crippen LogP contribution in [0.3, 0.4) is 0 Å². The average molecular weight is 281 g/mol. The van der Waals surface area contributed by atoms with Gasteiger partial charge in [0, 0.05) is 11.6 Å². The van der Waals surface area contributed by atoms with Gasteiger partial charge in [0.1, 0.15) is 0 Å².